The zero-order chi connectivity index (χ0) is 14.3. The van der Waals surface area contributed by atoms with Crippen LogP contribution >= 0.6 is 0 Å². The molecule has 0 bridgehead atoms. The summed E-state index contributed by atoms with van der Waals surface area (Å²) in [5, 5.41) is 0. The number of rotatable bonds is 3. The van der Waals surface area contributed by atoms with Crippen molar-refractivity contribution in [2.75, 3.05) is 0 Å². The number of hydrogen-bond donors (Lipinski definition) is 0. The van der Waals surface area contributed by atoms with Gasteiger partial charge in [-0.3, -0.25) is 0 Å². The molecule has 0 spiro atoms. The standard InChI is InChI=1S/C18H18B2/c1-5-13-11(3)17(19-15(13)6-2)18-12(4)14-9-7-8-10-16(14)20-18/h5-10,19-20H,1-2H2,3-4H3. The molecule has 0 radical (unpaired) electrons. The van der Waals surface area contributed by atoms with Crippen molar-refractivity contribution in [2.24, 2.45) is 0 Å². The summed E-state index contributed by atoms with van der Waals surface area (Å²) in [5.41, 5.74) is 11.2. The van der Waals surface area contributed by atoms with Gasteiger partial charge in [0, 0.05) is 0 Å². The predicted molar refractivity (Wildman–Crippen MR) is 93.1 cm³/mol. The molecule has 0 saturated heterocycles. The van der Waals surface area contributed by atoms with E-state index in [0.29, 0.717) is 0 Å². The fourth-order valence-electron chi connectivity index (χ4n) is 3.48. The van der Waals surface area contributed by atoms with E-state index in [9.17, 15) is 0 Å². The predicted octanol–water partition coefficient (Wildman–Crippen LogP) is 2.84. The van der Waals surface area contributed by atoms with Gasteiger partial charge in [-0.15, -0.1) is 0 Å². The van der Waals surface area contributed by atoms with E-state index < -0.39 is 0 Å². The van der Waals surface area contributed by atoms with Crippen molar-refractivity contribution in [1.82, 2.24) is 0 Å². The highest BCUT2D eigenvalue weighted by molar-refractivity contribution is 6.73. The van der Waals surface area contributed by atoms with Gasteiger partial charge in [-0.2, -0.15) is 0 Å². The monoisotopic (exact) mass is 256 g/mol. The van der Waals surface area contributed by atoms with Crippen molar-refractivity contribution in [1.29, 1.82) is 0 Å². The number of hydrogen-bond acceptors (Lipinski definition) is 0. The zero-order valence-electron chi connectivity index (χ0n) is 12.3. The minimum Gasteiger partial charge on any atom is -0.0996 e. The van der Waals surface area contributed by atoms with Gasteiger partial charge in [-0.1, -0.05) is 82.6 Å². The molecule has 2 heterocycles. The lowest BCUT2D eigenvalue weighted by atomic mass is 9.53. The molecule has 0 unspecified atom stereocenters. The Hall–Kier alpha value is -1.95. The van der Waals surface area contributed by atoms with Crippen LogP contribution in [0.25, 0.3) is 5.57 Å². The highest BCUT2D eigenvalue weighted by Gasteiger charge is 2.27. The molecule has 0 fully saturated rings. The molecule has 1 aromatic rings. The second-order valence-electron chi connectivity index (χ2n) is 5.56. The number of allylic oxidation sites excluding steroid dienone is 8. The molecule has 2 heteroatoms. The zero-order valence-corrected chi connectivity index (χ0v) is 12.3. The molecule has 0 nitrogen and oxygen atoms in total. The van der Waals surface area contributed by atoms with Gasteiger partial charge in [-0.25, -0.2) is 0 Å². The highest BCUT2D eigenvalue weighted by atomic mass is 14.2. The molecular weight excluding hydrogens is 238 g/mol. The Balaban J connectivity index is 2.06. The lowest BCUT2D eigenvalue weighted by molar-refractivity contribution is 1.42. The maximum absolute atomic E-state index is 3.95. The second-order valence-corrected chi connectivity index (χ2v) is 5.56. The Morgan fingerprint density at radius 2 is 1.60 bits per heavy atom. The molecule has 1 aromatic carbocycles. The van der Waals surface area contributed by atoms with Gasteiger partial charge < -0.3 is 0 Å². The first-order chi connectivity index (χ1) is 9.67. The lowest BCUT2D eigenvalue weighted by Crippen LogP contribution is -2.15. The van der Waals surface area contributed by atoms with E-state index in [1.165, 1.54) is 44.2 Å². The average molecular weight is 256 g/mol. The SMILES string of the molecule is C=CC1=C(C=C)C(C)=C(C2=C(C)c3ccccc3B2)B1. The Kier molecular flexibility index (Phi) is 3.17. The van der Waals surface area contributed by atoms with Crippen molar-refractivity contribution < 1.29 is 0 Å². The van der Waals surface area contributed by atoms with Gasteiger partial charge in [0.15, 0.2) is 14.6 Å². The van der Waals surface area contributed by atoms with Crippen LogP contribution in [0.4, 0.5) is 0 Å². The van der Waals surface area contributed by atoms with Crippen molar-refractivity contribution >= 4 is 25.6 Å². The molecule has 96 valence electrons. The quantitative estimate of drug-likeness (QED) is 0.729. The normalized spacial score (nSPS) is 17.1. The minimum atomic E-state index is 0.997. The Labute approximate surface area is 122 Å². The maximum Gasteiger partial charge on any atom is 0.192 e. The third-order valence-corrected chi connectivity index (χ3v) is 4.63. The molecule has 3 rings (SSSR count). The van der Waals surface area contributed by atoms with Crippen LogP contribution in [0, 0.1) is 0 Å². The molecule has 0 amide bonds. The van der Waals surface area contributed by atoms with Crippen LogP contribution < -0.4 is 5.46 Å². The van der Waals surface area contributed by atoms with Gasteiger partial charge in [0.2, 0.25) is 0 Å². The molecule has 0 atom stereocenters. The maximum atomic E-state index is 3.95. The third kappa shape index (κ3) is 1.79. The van der Waals surface area contributed by atoms with Crippen LogP contribution in [-0.2, 0) is 0 Å². The van der Waals surface area contributed by atoms with E-state index in [2.05, 4.69) is 51.3 Å². The van der Waals surface area contributed by atoms with Crippen molar-refractivity contribution in [3.05, 3.63) is 82.7 Å². The van der Waals surface area contributed by atoms with E-state index in [0.717, 1.165) is 14.6 Å². The van der Waals surface area contributed by atoms with Gasteiger partial charge >= 0.3 is 0 Å². The highest BCUT2D eigenvalue weighted by Crippen LogP contribution is 2.36. The van der Waals surface area contributed by atoms with Crippen LogP contribution in [0.3, 0.4) is 0 Å². The van der Waals surface area contributed by atoms with E-state index in [-0.39, 0.29) is 0 Å². The van der Waals surface area contributed by atoms with Gasteiger partial charge in [0.25, 0.3) is 0 Å². The van der Waals surface area contributed by atoms with Crippen molar-refractivity contribution in [3.8, 4) is 0 Å². The van der Waals surface area contributed by atoms with E-state index in [4.69, 9.17) is 0 Å². The Morgan fingerprint density at radius 3 is 2.20 bits per heavy atom. The fourth-order valence-corrected chi connectivity index (χ4v) is 3.48. The van der Waals surface area contributed by atoms with Crippen LogP contribution in [0.15, 0.2) is 77.1 Å². The molecular formula is C18H18B2. The summed E-state index contributed by atoms with van der Waals surface area (Å²) in [6.45, 7) is 12.4. The van der Waals surface area contributed by atoms with Crippen molar-refractivity contribution in [2.45, 2.75) is 13.8 Å². The number of fused-ring (bicyclic) bond motifs is 1. The average Bonchev–Trinajstić information content (AvgIpc) is 2.97. The van der Waals surface area contributed by atoms with Crippen LogP contribution in [0.1, 0.15) is 19.4 Å². The van der Waals surface area contributed by atoms with Crippen molar-refractivity contribution in [3.63, 3.8) is 0 Å². The molecule has 0 aliphatic carbocycles. The Morgan fingerprint density at radius 1 is 0.900 bits per heavy atom. The summed E-state index contributed by atoms with van der Waals surface area (Å²) in [5.74, 6) is 0. The summed E-state index contributed by atoms with van der Waals surface area (Å²) in [6.07, 6.45) is 3.95. The summed E-state index contributed by atoms with van der Waals surface area (Å²) in [7, 11) is 2.06. The lowest BCUT2D eigenvalue weighted by Gasteiger charge is -2.08. The topological polar surface area (TPSA) is 0 Å². The van der Waals surface area contributed by atoms with Gasteiger partial charge in [0.1, 0.15) is 0 Å². The fraction of sp³-hybridized carbons (Fsp3) is 0.111. The summed E-state index contributed by atoms with van der Waals surface area (Å²) >= 11 is 0. The molecule has 20 heavy (non-hydrogen) atoms. The molecule has 0 aromatic heterocycles. The molecule has 2 aliphatic rings. The van der Waals surface area contributed by atoms with Gasteiger partial charge in [0.05, 0.1) is 0 Å². The van der Waals surface area contributed by atoms with Crippen LogP contribution in [-0.4, -0.2) is 14.6 Å². The smallest absolute Gasteiger partial charge is 0.0996 e. The van der Waals surface area contributed by atoms with E-state index in [1.54, 1.807) is 0 Å². The summed E-state index contributed by atoms with van der Waals surface area (Å²) in [4.78, 5) is 0. The summed E-state index contributed by atoms with van der Waals surface area (Å²) < 4.78 is 0. The second kappa shape index (κ2) is 4.86. The van der Waals surface area contributed by atoms with Crippen LogP contribution in [0.5, 0.6) is 0 Å². The molecule has 0 N–H and O–H groups in total. The first-order valence-corrected chi connectivity index (χ1v) is 7.14. The summed E-state index contributed by atoms with van der Waals surface area (Å²) in [6, 6.07) is 8.74. The first-order valence-electron chi connectivity index (χ1n) is 7.14. The number of benzene rings is 1. The largest absolute Gasteiger partial charge is 0.192 e. The van der Waals surface area contributed by atoms with E-state index in [1.807, 2.05) is 12.2 Å². The molecule has 0 saturated carbocycles. The van der Waals surface area contributed by atoms with E-state index >= 15 is 0 Å². The minimum absolute atomic E-state index is 0.997. The Bertz CT molecular complexity index is 715. The molecule has 2 aliphatic heterocycles. The third-order valence-electron chi connectivity index (χ3n) is 4.63. The first kappa shape index (κ1) is 13.1. The van der Waals surface area contributed by atoms with Crippen LogP contribution in [0.2, 0.25) is 0 Å². The van der Waals surface area contributed by atoms with Gasteiger partial charge in [-0.05, 0) is 25.0 Å².